The molecule has 1 aliphatic heterocycles. The molecular formula is C22H27N3O6S. The number of hydrogen-bond acceptors (Lipinski definition) is 7. The van der Waals surface area contributed by atoms with Gasteiger partial charge >= 0.3 is 0 Å². The number of hydrogen-bond donors (Lipinski definition) is 1. The molecule has 0 radical (unpaired) electrons. The third kappa shape index (κ3) is 4.96. The van der Waals surface area contributed by atoms with E-state index in [-0.39, 0.29) is 11.9 Å². The van der Waals surface area contributed by atoms with Crippen molar-refractivity contribution in [1.82, 2.24) is 5.01 Å². The van der Waals surface area contributed by atoms with Crippen LogP contribution < -0.4 is 18.9 Å². The predicted octanol–water partition coefficient (Wildman–Crippen LogP) is 3.17. The fourth-order valence-corrected chi connectivity index (χ4v) is 4.14. The third-order valence-electron chi connectivity index (χ3n) is 5.06. The average Bonchev–Trinajstić information content (AvgIpc) is 3.22. The standard InChI is InChI=1S/C22H27N3O6S/c1-6-21(26)25-18(15-11-19(29-2)22(31-4)20(12-15)30-3)13-17(23-25)14-7-9-16(10-8-14)24-32(5,27)28/h7-12,18,24H,6,13H2,1-5H3/t18-/m1/s1. The maximum absolute atomic E-state index is 12.7. The number of nitrogens with zero attached hydrogens (tertiary/aromatic N) is 2. The van der Waals surface area contributed by atoms with Crippen molar-refractivity contribution in [3.63, 3.8) is 0 Å². The van der Waals surface area contributed by atoms with E-state index >= 15 is 0 Å². The molecule has 1 amide bonds. The van der Waals surface area contributed by atoms with Crippen molar-refractivity contribution < 1.29 is 27.4 Å². The van der Waals surface area contributed by atoms with Crippen LogP contribution in [0.1, 0.15) is 36.9 Å². The maximum Gasteiger partial charge on any atom is 0.242 e. The first-order chi connectivity index (χ1) is 15.2. The lowest BCUT2D eigenvalue weighted by Crippen LogP contribution is -2.26. The van der Waals surface area contributed by atoms with Gasteiger partial charge in [-0.2, -0.15) is 5.10 Å². The van der Waals surface area contributed by atoms with Crippen LogP contribution >= 0.6 is 0 Å². The fourth-order valence-electron chi connectivity index (χ4n) is 3.57. The van der Waals surface area contributed by atoms with Crippen molar-refractivity contribution in [3.05, 3.63) is 47.5 Å². The average molecular weight is 462 g/mol. The number of benzene rings is 2. The number of ether oxygens (including phenoxy) is 3. The Bertz CT molecular complexity index is 1100. The molecule has 10 heteroatoms. The van der Waals surface area contributed by atoms with Gasteiger partial charge in [0.15, 0.2) is 11.5 Å². The summed E-state index contributed by atoms with van der Waals surface area (Å²) in [4.78, 5) is 12.7. The number of hydrazone groups is 1. The Hall–Kier alpha value is -3.27. The molecular weight excluding hydrogens is 434 g/mol. The molecule has 172 valence electrons. The normalized spacial score (nSPS) is 15.8. The largest absolute Gasteiger partial charge is 0.493 e. The highest BCUT2D eigenvalue weighted by Crippen LogP contribution is 2.43. The summed E-state index contributed by atoms with van der Waals surface area (Å²) in [6.45, 7) is 1.79. The van der Waals surface area contributed by atoms with E-state index in [1.54, 1.807) is 45.4 Å². The highest BCUT2D eigenvalue weighted by Gasteiger charge is 2.33. The Morgan fingerprint density at radius 2 is 1.69 bits per heavy atom. The van der Waals surface area contributed by atoms with Crippen LogP contribution in [0.2, 0.25) is 0 Å². The van der Waals surface area contributed by atoms with Crippen LogP contribution in [-0.4, -0.2) is 52.6 Å². The Kier molecular flexibility index (Phi) is 6.93. The molecule has 1 atom stereocenters. The van der Waals surface area contributed by atoms with Crippen molar-refractivity contribution >= 4 is 27.3 Å². The second-order valence-electron chi connectivity index (χ2n) is 7.27. The molecule has 0 unspecified atom stereocenters. The minimum atomic E-state index is -3.36. The van der Waals surface area contributed by atoms with Crippen molar-refractivity contribution in [3.8, 4) is 17.2 Å². The van der Waals surface area contributed by atoms with E-state index in [1.807, 2.05) is 12.1 Å². The lowest BCUT2D eigenvalue weighted by atomic mass is 9.97. The number of carbonyl (C=O) groups is 1. The molecule has 1 N–H and O–H groups in total. The predicted molar refractivity (Wildman–Crippen MR) is 122 cm³/mol. The first-order valence-corrected chi connectivity index (χ1v) is 11.9. The van der Waals surface area contributed by atoms with Crippen LogP contribution in [0.3, 0.4) is 0 Å². The summed E-state index contributed by atoms with van der Waals surface area (Å²) >= 11 is 0. The van der Waals surface area contributed by atoms with E-state index < -0.39 is 10.0 Å². The molecule has 0 saturated heterocycles. The summed E-state index contributed by atoms with van der Waals surface area (Å²) in [7, 11) is 1.25. The lowest BCUT2D eigenvalue weighted by Gasteiger charge is -2.23. The van der Waals surface area contributed by atoms with Crippen LogP contribution in [-0.2, 0) is 14.8 Å². The van der Waals surface area contributed by atoms with Gasteiger partial charge in [0.2, 0.25) is 21.7 Å². The van der Waals surface area contributed by atoms with E-state index in [4.69, 9.17) is 14.2 Å². The summed E-state index contributed by atoms with van der Waals surface area (Å²) in [5.74, 6) is 1.35. The first kappa shape index (κ1) is 23.4. The highest BCUT2D eigenvalue weighted by atomic mass is 32.2. The Labute approximate surface area is 188 Å². The molecule has 0 spiro atoms. The van der Waals surface area contributed by atoms with Gasteiger partial charge in [0.1, 0.15) is 0 Å². The minimum Gasteiger partial charge on any atom is -0.493 e. The highest BCUT2D eigenvalue weighted by molar-refractivity contribution is 7.92. The zero-order valence-electron chi connectivity index (χ0n) is 18.7. The van der Waals surface area contributed by atoms with Gasteiger partial charge < -0.3 is 14.2 Å². The number of nitrogens with one attached hydrogen (secondary N) is 1. The summed E-state index contributed by atoms with van der Waals surface area (Å²) in [6, 6.07) is 10.2. The molecule has 2 aromatic rings. The van der Waals surface area contributed by atoms with Gasteiger partial charge in [0.25, 0.3) is 0 Å². The van der Waals surface area contributed by atoms with Crippen molar-refractivity contribution in [2.75, 3.05) is 32.3 Å². The summed E-state index contributed by atoms with van der Waals surface area (Å²) < 4.78 is 41.6. The van der Waals surface area contributed by atoms with Crippen molar-refractivity contribution in [2.45, 2.75) is 25.8 Å². The second-order valence-corrected chi connectivity index (χ2v) is 9.02. The van der Waals surface area contributed by atoms with Crippen LogP contribution in [0.5, 0.6) is 17.2 Å². The quantitative estimate of drug-likeness (QED) is 0.647. The third-order valence-corrected chi connectivity index (χ3v) is 5.67. The number of carbonyl (C=O) groups excluding carboxylic acids is 1. The number of amides is 1. The number of anilines is 1. The summed E-state index contributed by atoms with van der Waals surface area (Å²) in [5, 5.41) is 6.08. The van der Waals surface area contributed by atoms with Gasteiger partial charge in [-0.3, -0.25) is 9.52 Å². The van der Waals surface area contributed by atoms with E-state index in [0.29, 0.717) is 35.8 Å². The molecule has 1 heterocycles. The van der Waals surface area contributed by atoms with Gasteiger partial charge in [0.05, 0.1) is 39.3 Å². The molecule has 0 bridgehead atoms. The first-order valence-electron chi connectivity index (χ1n) is 9.98. The van der Waals surface area contributed by atoms with E-state index in [0.717, 1.165) is 23.1 Å². The Morgan fingerprint density at radius 3 is 2.16 bits per heavy atom. The molecule has 0 aromatic heterocycles. The Balaban J connectivity index is 1.97. The topological polar surface area (TPSA) is 107 Å². The zero-order chi connectivity index (χ0) is 23.5. The molecule has 32 heavy (non-hydrogen) atoms. The van der Waals surface area contributed by atoms with Crippen molar-refractivity contribution in [2.24, 2.45) is 5.10 Å². The minimum absolute atomic E-state index is 0.117. The molecule has 0 saturated carbocycles. The van der Waals surface area contributed by atoms with Crippen LogP contribution in [0, 0.1) is 0 Å². The molecule has 9 nitrogen and oxygen atoms in total. The Morgan fingerprint density at radius 1 is 1.09 bits per heavy atom. The van der Waals surface area contributed by atoms with Crippen LogP contribution in [0.25, 0.3) is 0 Å². The molecule has 0 aliphatic carbocycles. The number of rotatable bonds is 8. The second kappa shape index (κ2) is 9.47. The van der Waals surface area contributed by atoms with Gasteiger partial charge in [-0.15, -0.1) is 0 Å². The summed E-state index contributed by atoms with van der Waals surface area (Å²) in [6.07, 6.45) is 1.87. The van der Waals surface area contributed by atoms with E-state index in [9.17, 15) is 13.2 Å². The number of methoxy groups -OCH3 is 3. The molecule has 3 rings (SSSR count). The van der Waals surface area contributed by atoms with Gasteiger partial charge in [0, 0.05) is 18.5 Å². The SMILES string of the molecule is CCC(=O)N1N=C(c2ccc(NS(C)(=O)=O)cc2)C[C@@H]1c1cc(OC)c(OC)c(OC)c1. The number of sulfonamides is 1. The lowest BCUT2D eigenvalue weighted by molar-refractivity contribution is -0.132. The van der Waals surface area contributed by atoms with Gasteiger partial charge in [-0.1, -0.05) is 19.1 Å². The molecule has 2 aromatic carbocycles. The summed E-state index contributed by atoms with van der Waals surface area (Å²) in [5.41, 5.74) is 2.78. The van der Waals surface area contributed by atoms with E-state index in [1.165, 1.54) is 12.1 Å². The van der Waals surface area contributed by atoms with Crippen LogP contribution in [0.4, 0.5) is 5.69 Å². The van der Waals surface area contributed by atoms with E-state index in [2.05, 4.69) is 9.82 Å². The van der Waals surface area contributed by atoms with Crippen LogP contribution in [0.15, 0.2) is 41.5 Å². The molecule has 0 fully saturated rings. The molecule has 1 aliphatic rings. The van der Waals surface area contributed by atoms with Crippen molar-refractivity contribution in [1.29, 1.82) is 0 Å². The smallest absolute Gasteiger partial charge is 0.242 e. The van der Waals surface area contributed by atoms with Gasteiger partial charge in [-0.25, -0.2) is 13.4 Å². The monoisotopic (exact) mass is 461 g/mol. The zero-order valence-corrected chi connectivity index (χ0v) is 19.5. The van der Waals surface area contributed by atoms with Gasteiger partial charge in [-0.05, 0) is 35.4 Å². The maximum atomic E-state index is 12.7. The fraction of sp³-hybridized carbons (Fsp3) is 0.364.